The first kappa shape index (κ1) is 16.0. The minimum absolute atomic E-state index is 0.157. The third-order valence-electron chi connectivity index (χ3n) is 3.92. The molecule has 1 N–H and O–H groups in total. The van der Waals surface area contributed by atoms with Crippen molar-refractivity contribution in [2.75, 3.05) is 0 Å². The third-order valence-corrected chi connectivity index (χ3v) is 3.92. The van der Waals surface area contributed by atoms with Crippen LogP contribution in [-0.4, -0.2) is 36.5 Å². The van der Waals surface area contributed by atoms with Gasteiger partial charge in [-0.05, 0) is 6.42 Å². The number of nitrogens with one attached hydrogen (secondary N) is 1. The number of rotatable bonds is 5. The summed E-state index contributed by atoms with van der Waals surface area (Å²) < 4.78 is 40.5. The van der Waals surface area contributed by atoms with Gasteiger partial charge in [0.1, 0.15) is 18.2 Å². The molecule has 0 unspecified atom stereocenters. The lowest BCUT2D eigenvalue weighted by Gasteiger charge is -2.23. The molecule has 0 bridgehead atoms. The highest BCUT2D eigenvalue weighted by atomic mass is 19.4. The van der Waals surface area contributed by atoms with Crippen LogP contribution in [0.15, 0.2) is 12.4 Å². The van der Waals surface area contributed by atoms with Crippen molar-refractivity contribution >= 4 is 0 Å². The SMILES string of the molecule is CCc1nc2n(n1)C[C@H](NCc1nccn1CC(F)(F)F)CC2. The summed E-state index contributed by atoms with van der Waals surface area (Å²) in [6.45, 7) is 1.99. The van der Waals surface area contributed by atoms with Crippen molar-refractivity contribution in [1.29, 1.82) is 0 Å². The molecule has 0 aliphatic carbocycles. The Morgan fingerprint density at radius 3 is 2.96 bits per heavy atom. The van der Waals surface area contributed by atoms with Gasteiger partial charge < -0.3 is 9.88 Å². The zero-order valence-electron chi connectivity index (χ0n) is 12.8. The molecule has 0 fully saturated rings. The van der Waals surface area contributed by atoms with Crippen LogP contribution in [-0.2, 0) is 32.5 Å². The van der Waals surface area contributed by atoms with E-state index in [0.717, 1.165) is 35.5 Å². The molecule has 0 spiro atoms. The molecule has 126 valence electrons. The summed E-state index contributed by atoms with van der Waals surface area (Å²) in [5.41, 5.74) is 0. The molecule has 0 radical (unpaired) electrons. The maximum Gasteiger partial charge on any atom is 0.406 e. The average Bonchev–Trinajstić information content (AvgIpc) is 3.08. The zero-order valence-corrected chi connectivity index (χ0v) is 12.8. The maximum atomic E-state index is 12.5. The largest absolute Gasteiger partial charge is 0.406 e. The Morgan fingerprint density at radius 1 is 1.39 bits per heavy atom. The number of aryl methyl sites for hydroxylation is 2. The van der Waals surface area contributed by atoms with E-state index in [1.807, 2.05) is 11.6 Å². The number of imidazole rings is 1. The molecule has 9 heteroatoms. The molecular weight excluding hydrogens is 309 g/mol. The van der Waals surface area contributed by atoms with E-state index < -0.39 is 12.7 Å². The molecule has 0 amide bonds. The van der Waals surface area contributed by atoms with Crippen LogP contribution in [0.2, 0.25) is 0 Å². The standard InChI is InChI=1S/C14H19F3N6/c1-2-11-20-12-4-3-10(8-23(12)21-11)19-7-13-18-5-6-22(13)9-14(15,16)17/h5-6,10,19H,2-4,7-9H2,1H3/t10-/m1/s1. The van der Waals surface area contributed by atoms with Gasteiger partial charge in [0.25, 0.3) is 0 Å². The van der Waals surface area contributed by atoms with Crippen LogP contribution in [0.5, 0.6) is 0 Å². The Morgan fingerprint density at radius 2 is 2.22 bits per heavy atom. The maximum absolute atomic E-state index is 12.5. The lowest BCUT2D eigenvalue weighted by Crippen LogP contribution is -2.38. The summed E-state index contributed by atoms with van der Waals surface area (Å²) in [6, 6.07) is 0.157. The van der Waals surface area contributed by atoms with E-state index in [-0.39, 0.29) is 6.04 Å². The van der Waals surface area contributed by atoms with E-state index in [4.69, 9.17) is 0 Å². The van der Waals surface area contributed by atoms with Gasteiger partial charge in [0.05, 0.1) is 13.1 Å². The molecule has 2 aromatic rings. The Hall–Kier alpha value is -1.90. The van der Waals surface area contributed by atoms with Gasteiger partial charge in [0.15, 0.2) is 5.82 Å². The van der Waals surface area contributed by atoms with Gasteiger partial charge in [-0.1, -0.05) is 6.92 Å². The van der Waals surface area contributed by atoms with Crippen molar-refractivity contribution in [3.63, 3.8) is 0 Å². The van der Waals surface area contributed by atoms with Gasteiger partial charge in [-0.3, -0.25) is 0 Å². The van der Waals surface area contributed by atoms with Crippen LogP contribution in [0.4, 0.5) is 13.2 Å². The van der Waals surface area contributed by atoms with E-state index >= 15 is 0 Å². The molecule has 1 atom stereocenters. The van der Waals surface area contributed by atoms with E-state index in [2.05, 4.69) is 20.4 Å². The van der Waals surface area contributed by atoms with Crippen LogP contribution in [0.1, 0.15) is 30.8 Å². The Labute approximate surface area is 131 Å². The van der Waals surface area contributed by atoms with Gasteiger partial charge in [-0.15, -0.1) is 0 Å². The van der Waals surface area contributed by atoms with Crippen LogP contribution in [0.3, 0.4) is 0 Å². The normalized spacial score (nSPS) is 18.2. The first-order valence-corrected chi connectivity index (χ1v) is 7.67. The number of halogens is 3. The summed E-state index contributed by atoms with van der Waals surface area (Å²) in [5, 5.41) is 7.71. The number of nitrogens with zero attached hydrogens (tertiary/aromatic N) is 5. The summed E-state index contributed by atoms with van der Waals surface area (Å²) in [4.78, 5) is 8.46. The number of fused-ring (bicyclic) bond motifs is 1. The molecule has 3 heterocycles. The second kappa shape index (κ2) is 6.31. The second-order valence-electron chi connectivity index (χ2n) is 5.68. The highest BCUT2D eigenvalue weighted by Crippen LogP contribution is 2.18. The highest BCUT2D eigenvalue weighted by molar-refractivity contribution is 4.99. The van der Waals surface area contributed by atoms with Crippen LogP contribution >= 0.6 is 0 Å². The van der Waals surface area contributed by atoms with E-state index in [0.29, 0.717) is 18.9 Å². The second-order valence-corrected chi connectivity index (χ2v) is 5.68. The van der Waals surface area contributed by atoms with Crippen molar-refractivity contribution in [2.24, 2.45) is 0 Å². The van der Waals surface area contributed by atoms with Gasteiger partial charge in [-0.2, -0.15) is 18.3 Å². The number of hydrogen-bond acceptors (Lipinski definition) is 4. The zero-order chi connectivity index (χ0) is 16.4. The van der Waals surface area contributed by atoms with E-state index in [9.17, 15) is 13.2 Å². The van der Waals surface area contributed by atoms with Crippen LogP contribution in [0.25, 0.3) is 0 Å². The molecular formula is C14H19F3N6. The molecule has 23 heavy (non-hydrogen) atoms. The van der Waals surface area contributed by atoms with E-state index in [1.54, 1.807) is 0 Å². The molecule has 0 aromatic carbocycles. The fourth-order valence-electron chi connectivity index (χ4n) is 2.76. The predicted octanol–water partition coefficient (Wildman–Crippen LogP) is 1.70. The molecule has 1 aliphatic heterocycles. The van der Waals surface area contributed by atoms with Gasteiger partial charge >= 0.3 is 6.18 Å². The third kappa shape index (κ3) is 3.90. The molecule has 2 aromatic heterocycles. The van der Waals surface area contributed by atoms with Crippen molar-refractivity contribution in [3.05, 3.63) is 29.9 Å². The molecule has 1 aliphatic rings. The van der Waals surface area contributed by atoms with Crippen molar-refractivity contribution in [3.8, 4) is 0 Å². The fraction of sp³-hybridized carbons (Fsp3) is 0.643. The molecule has 6 nitrogen and oxygen atoms in total. The predicted molar refractivity (Wildman–Crippen MR) is 76.6 cm³/mol. The summed E-state index contributed by atoms with van der Waals surface area (Å²) in [7, 11) is 0. The molecule has 0 saturated carbocycles. The van der Waals surface area contributed by atoms with Gasteiger partial charge in [-0.25, -0.2) is 14.6 Å². The smallest absolute Gasteiger partial charge is 0.325 e. The number of alkyl halides is 3. The highest BCUT2D eigenvalue weighted by Gasteiger charge is 2.29. The minimum Gasteiger partial charge on any atom is -0.325 e. The van der Waals surface area contributed by atoms with Crippen LogP contribution in [0, 0.1) is 0 Å². The Kier molecular flexibility index (Phi) is 4.38. The van der Waals surface area contributed by atoms with Crippen molar-refractivity contribution < 1.29 is 13.2 Å². The Bertz CT molecular complexity index is 660. The quantitative estimate of drug-likeness (QED) is 0.908. The topological polar surface area (TPSA) is 60.6 Å². The Balaban J connectivity index is 1.58. The summed E-state index contributed by atoms with van der Waals surface area (Å²) >= 11 is 0. The summed E-state index contributed by atoms with van der Waals surface area (Å²) in [6.07, 6.45) is 1.02. The van der Waals surface area contributed by atoms with Crippen LogP contribution < -0.4 is 5.32 Å². The molecule has 3 rings (SSSR count). The van der Waals surface area contributed by atoms with E-state index in [1.165, 1.54) is 12.4 Å². The minimum atomic E-state index is -4.24. The fourth-order valence-corrected chi connectivity index (χ4v) is 2.76. The molecule has 0 saturated heterocycles. The first-order valence-electron chi connectivity index (χ1n) is 7.67. The lowest BCUT2D eigenvalue weighted by molar-refractivity contribution is -0.141. The summed E-state index contributed by atoms with van der Waals surface area (Å²) in [5.74, 6) is 2.21. The monoisotopic (exact) mass is 328 g/mol. The number of hydrogen-bond donors (Lipinski definition) is 1. The van der Waals surface area contributed by atoms with Gasteiger partial charge in [0.2, 0.25) is 0 Å². The van der Waals surface area contributed by atoms with Gasteiger partial charge in [0, 0.05) is 31.3 Å². The average molecular weight is 328 g/mol. The first-order chi connectivity index (χ1) is 10.9. The van der Waals surface area contributed by atoms with Crippen molar-refractivity contribution in [2.45, 2.75) is 58.0 Å². The number of aromatic nitrogens is 5. The lowest BCUT2D eigenvalue weighted by atomic mass is 10.1. The van der Waals surface area contributed by atoms with Crippen molar-refractivity contribution in [1.82, 2.24) is 29.6 Å².